The Morgan fingerprint density at radius 1 is 1.42 bits per heavy atom. The van der Waals surface area contributed by atoms with Gasteiger partial charge >= 0.3 is 0 Å². The first-order chi connectivity index (χ1) is 11.6. The second-order valence-electron chi connectivity index (χ2n) is 6.53. The lowest BCUT2D eigenvalue weighted by Gasteiger charge is -2.38. The molecule has 3 atom stereocenters. The molecular weight excluding hydrogens is 311 g/mol. The number of piperidine rings is 1. The highest BCUT2D eigenvalue weighted by Gasteiger charge is 2.39. The number of carbonyl (C=O) groups excluding carboxylic acids is 2. The van der Waals surface area contributed by atoms with E-state index in [9.17, 15) is 14.0 Å². The fourth-order valence-corrected chi connectivity index (χ4v) is 3.61. The number of nitrogens with zero attached hydrogens (tertiary/aromatic N) is 1. The molecule has 2 heterocycles. The van der Waals surface area contributed by atoms with Gasteiger partial charge in [-0.15, -0.1) is 0 Å². The molecule has 0 aromatic heterocycles. The third-order valence-corrected chi connectivity index (χ3v) is 4.92. The first-order valence-electron chi connectivity index (χ1n) is 8.46. The number of likely N-dealkylation sites (tertiary alicyclic amines) is 1. The number of amides is 2. The van der Waals surface area contributed by atoms with E-state index < -0.39 is 6.04 Å². The molecule has 2 aliphatic heterocycles. The predicted molar refractivity (Wildman–Crippen MR) is 86.6 cm³/mol. The van der Waals surface area contributed by atoms with Gasteiger partial charge in [0.25, 0.3) is 0 Å². The number of rotatable bonds is 4. The Kier molecular flexibility index (Phi) is 5.14. The Hall–Kier alpha value is -1.95. The Bertz CT molecular complexity index is 616. The van der Waals surface area contributed by atoms with Gasteiger partial charge in [0.2, 0.25) is 11.8 Å². The van der Waals surface area contributed by atoms with Crippen LogP contribution >= 0.6 is 0 Å². The summed E-state index contributed by atoms with van der Waals surface area (Å²) in [6.45, 7) is 1.23. The molecule has 0 spiro atoms. The predicted octanol–water partition coefficient (Wildman–Crippen LogP) is 2.03. The molecule has 1 aromatic carbocycles. The first kappa shape index (κ1) is 16.9. The lowest BCUT2D eigenvalue weighted by molar-refractivity contribution is -0.141. The number of benzene rings is 1. The standard InChI is InChI=1S/C18H23FN2O3/c1-21-16(22)8-7-15(17(21)12-4-2-5-13(19)10-12)18(23)20-11-14-6-3-9-24-14/h2,4-5,10,14-15,17H,3,6-9,11H2,1H3,(H,20,23). The molecule has 130 valence electrons. The zero-order valence-corrected chi connectivity index (χ0v) is 13.8. The van der Waals surface area contributed by atoms with E-state index in [4.69, 9.17) is 4.74 Å². The maximum absolute atomic E-state index is 13.6. The minimum atomic E-state index is -0.438. The Labute approximate surface area is 141 Å². The van der Waals surface area contributed by atoms with Gasteiger partial charge in [0.15, 0.2) is 0 Å². The molecule has 0 saturated carbocycles. The smallest absolute Gasteiger partial charge is 0.225 e. The number of nitrogens with one attached hydrogen (secondary N) is 1. The van der Waals surface area contributed by atoms with Crippen molar-refractivity contribution >= 4 is 11.8 Å². The van der Waals surface area contributed by atoms with Crippen LogP contribution in [0.4, 0.5) is 4.39 Å². The summed E-state index contributed by atoms with van der Waals surface area (Å²) in [5, 5.41) is 2.95. The van der Waals surface area contributed by atoms with Crippen LogP contribution in [-0.4, -0.2) is 43.0 Å². The second-order valence-corrected chi connectivity index (χ2v) is 6.53. The van der Waals surface area contributed by atoms with Gasteiger partial charge in [-0.1, -0.05) is 12.1 Å². The highest BCUT2D eigenvalue weighted by Crippen LogP contribution is 2.36. The van der Waals surface area contributed by atoms with Crippen molar-refractivity contribution in [2.24, 2.45) is 5.92 Å². The van der Waals surface area contributed by atoms with Gasteiger partial charge in [-0.25, -0.2) is 4.39 Å². The van der Waals surface area contributed by atoms with Gasteiger partial charge in [-0.3, -0.25) is 9.59 Å². The summed E-state index contributed by atoms with van der Waals surface area (Å²) in [6, 6.07) is 5.70. The summed E-state index contributed by atoms with van der Waals surface area (Å²) in [5.41, 5.74) is 0.655. The average Bonchev–Trinajstić information content (AvgIpc) is 3.08. The molecule has 2 aliphatic rings. The van der Waals surface area contributed by atoms with Crippen molar-refractivity contribution in [3.8, 4) is 0 Å². The SMILES string of the molecule is CN1C(=O)CCC(C(=O)NCC2CCCO2)C1c1cccc(F)c1. The van der Waals surface area contributed by atoms with Crippen LogP contribution in [0, 0.1) is 11.7 Å². The van der Waals surface area contributed by atoms with Crippen molar-refractivity contribution in [3.63, 3.8) is 0 Å². The van der Waals surface area contributed by atoms with Crippen LogP contribution in [0.15, 0.2) is 24.3 Å². The number of hydrogen-bond donors (Lipinski definition) is 1. The fraction of sp³-hybridized carbons (Fsp3) is 0.556. The van der Waals surface area contributed by atoms with Crippen molar-refractivity contribution in [1.29, 1.82) is 0 Å². The summed E-state index contributed by atoms with van der Waals surface area (Å²) < 4.78 is 19.1. The van der Waals surface area contributed by atoms with Gasteiger partial charge in [0.1, 0.15) is 5.82 Å². The minimum absolute atomic E-state index is 0.0209. The number of halogens is 1. The lowest BCUT2D eigenvalue weighted by atomic mass is 9.84. The molecule has 2 amide bonds. The molecule has 3 unspecified atom stereocenters. The highest BCUT2D eigenvalue weighted by molar-refractivity contribution is 5.84. The average molecular weight is 334 g/mol. The zero-order chi connectivity index (χ0) is 17.1. The van der Waals surface area contributed by atoms with Crippen molar-refractivity contribution < 1.29 is 18.7 Å². The molecule has 0 bridgehead atoms. The summed E-state index contributed by atoms with van der Waals surface area (Å²) in [7, 11) is 1.68. The summed E-state index contributed by atoms with van der Waals surface area (Å²) in [6.07, 6.45) is 2.86. The summed E-state index contributed by atoms with van der Waals surface area (Å²) in [5.74, 6) is -0.861. The normalized spacial score (nSPS) is 27.3. The molecule has 6 heteroatoms. The molecule has 1 N–H and O–H groups in total. The molecule has 0 aliphatic carbocycles. The summed E-state index contributed by atoms with van der Waals surface area (Å²) in [4.78, 5) is 26.3. The van der Waals surface area contributed by atoms with Crippen molar-refractivity contribution in [3.05, 3.63) is 35.6 Å². The minimum Gasteiger partial charge on any atom is -0.376 e. The van der Waals surface area contributed by atoms with E-state index in [1.54, 1.807) is 24.1 Å². The lowest BCUT2D eigenvalue weighted by Crippen LogP contribution is -2.47. The largest absolute Gasteiger partial charge is 0.376 e. The Morgan fingerprint density at radius 2 is 2.25 bits per heavy atom. The van der Waals surface area contributed by atoms with E-state index >= 15 is 0 Å². The number of ether oxygens (including phenoxy) is 1. The van der Waals surface area contributed by atoms with E-state index in [1.165, 1.54) is 12.1 Å². The van der Waals surface area contributed by atoms with Crippen LogP contribution in [0.2, 0.25) is 0 Å². The van der Waals surface area contributed by atoms with Crippen LogP contribution < -0.4 is 5.32 Å². The molecular formula is C18H23FN2O3. The topological polar surface area (TPSA) is 58.6 Å². The van der Waals surface area contributed by atoms with E-state index in [2.05, 4.69) is 5.32 Å². The van der Waals surface area contributed by atoms with Gasteiger partial charge in [0.05, 0.1) is 18.1 Å². The Morgan fingerprint density at radius 3 is 2.96 bits per heavy atom. The number of carbonyl (C=O) groups is 2. The van der Waals surface area contributed by atoms with Crippen LogP contribution in [0.3, 0.4) is 0 Å². The third kappa shape index (κ3) is 3.59. The van der Waals surface area contributed by atoms with Crippen LogP contribution in [0.5, 0.6) is 0 Å². The van der Waals surface area contributed by atoms with Crippen LogP contribution in [-0.2, 0) is 14.3 Å². The monoisotopic (exact) mass is 334 g/mol. The zero-order valence-electron chi connectivity index (χ0n) is 13.8. The number of hydrogen-bond acceptors (Lipinski definition) is 3. The molecule has 0 radical (unpaired) electrons. The van der Waals surface area contributed by atoms with E-state index in [1.807, 2.05) is 0 Å². The van der Waals surface area contributed by atoms with Crippen LogP contribution in [0.25, 0.3) is 0 Å². The highest BCUT2D eigenvalue weighted by atomic mass is 19.1. The van der Waals surface area contributed by atoms with Gasteiger partial charge in [-0.05, 0) is 37.0 Å². The Balaban J connectivity index is 1.75. The van der Waals surface area contributed by atoms with Gasteiger partial charge in [-0.2, -0.15) is 0 Å². The molecule has 3 rings (SSSR count). The quantitative estimate of drug-likeness (QED) is 0.917. The van der Waals surface area contributed by atoms with Gasteiger partial charge < -0.3 is 15.0 Å². The van der Waals surface area contributed by atoms with Crippen molar-refractivity contribution in [1.82, 2.24) is 10.2 Å². The van der Waals surface area contributed by atoms with E-state index in [0.29, 0.717) is 24.9 Å². The third-order valence-electron chi connectivity index (χ3n) is 4.92. The molecule has 2 fully saturated rings. The maximum Gasteiger partial charge on any atom is 0.225 e. The molecule has 2 saturated heterocycles. The first-order valence-corrected chi connectivity index (χ1v) is 8.46. The van der Waals surface area contributed by atoms with E-state index in [0.717, 1.165) is 19.4 Å². The molecule has 5 nitrogen and oxygen atoms in total. The maximum atomic E-state index is 13.6. The van der Waals surface area contributed by atoms with E-state index in [-0.39, 0.29) is 29.7 Å². The fourth-order valence-electron chi connectivity index (χ4n) is 3.61. The van der Waals surface area contributed by atoms with Gasteiger partial charge in [0, 0.05) is 26.6 Å². The van der Waals surface area contributed by atoms with Crippen molar-refractivity contribution in [2.45, 2.75) is 37.8 Å². The molecule has 1 aromatic rings. The summed E-state index contributed by atoms with van der Waals surface area (Å²) >= 11 is 0. The second kappa shape index (κ2) is 7.30. The van der Waals surface area contributed by atoms with Crippen molar-refractivity contribution in [2.75, 3.05) is 20.2 Å². The van der Waals surface area contributed by atoms with Crippen LogP contribution in [0.1, 0.15) is 37.3 Å². The molecule has 24 heavy (non-hydrogen) atoms.